The maximum absolute atomic E-state index is 12.0. The molecule has 0 aliphatic carbocycles. The second kappa shape index (κ2) is 7.07. The summed E-state index contributed by atoms with van der Waals surface area (Å²) in [5, 5.41) is 0. The SMILES string of the molecule is Cc1ccc(S(=O)(=O)NCCCC#C[Si](C)(C)C)cc1. The third-order valence-electron chi connectivity index (χ3n) is 2.57. The minimum atomic E-state index is -3.38. The van der Waals surface area contributed by atoms with Crippen LogP contribution in [0, 0.1) is 18.4 Å². The third kappa shape index (κ3) is 6.37. The van der Waals surface area contributed by atoms with Crippen LogP contribution in [0.5, 0.6) is 0 Å². The molecule has 0 saturated heterocycles. The van der Waals surface area contributed by atoms with E-state index in [4.69, 9.17) is 0 Å². The molecule has 1 aromatic rings. The number of nitrogens with one attached hydrogen (secondary N) is 1. The number of sulfonamides is 1. The smallest absolute Gasteiger partial charge is 0.211 e. The van der Waals surface area contributed by atoms with E-state index in [1.807, 2.05) is 6.92 Å². The van der Waals surface area contributed by atoms with E-state index >= 15 is 0 Å². The van der Waals surface area contributed by atoms with E-state index < -0.39 is 18.1 Å². The van der Waals surface area contributed by atoms with Gasteiger partial charge in [-0.25, -0.2) is 13.1 Å². The molecule has 0 fully saturated rings. The summed E-state index contributed by atoms with van der Waals surface area (Å²) in [6.45, 7) is 8.94. The quantitative estimate of drug-likeness (QED) is 0.516. The average Bonchev–Trinajstić information content (AvgIpc) is 2.33. The lowest BCUT2D eigenvalue weighted by Gasteiger charge is -2.06. The number of benzene rings is 1. The Balaban J connectivity index is 2.45. The van der Waals surface area contributed by atoms with E-state index in [9.17, 15) is 8.42 Å². The first-order valence-corrected chi connectivity index (χ1v) is 11.8. The normalized spacial score (nSPS) is 11.8. The van der Waals surface area contributed by atoms with Crippen LogP contribution in [0.15, 0.2) is 29.2 Å². The summed E-state index contributed by atoms with van der Waals surface area (Å²) in [5.41, 5.74) is 4.32. The van der Waals surface area contributed by atoms with Gasteiger partial charge in [0.15, 0.2) is 0 Å². The molecule has 0 bridgehead atoms. The monoisotopic (exact) mass is 309 g/mol. The van der Waals surface area contributed by atoms with Crippen LogP contribution >= 0.6 is 0 Å². The fraction of sp³-hybridized carbons (Fsp3) is 0.467. The molecule has 5 heteroatoms. The molecule has 0 aliphatic rings. The Morgan fingerprint density at radius 3 is 2.30 bits per heavy atom. The Hall–Kier alpha value is -1.09. The van der Waals surface area contributed by atoms with Crippen molar-refractivity contribution in [2.24, 2.45) is 0 Å². The van der Waals surface area contributed by atoms with Crippen LogP contribution in [-0.4, -0.2) is 23.0 Å². The zero-order valence-electron chi connectivity index (χ0n) is 12.7. The zero-order valence-corrected chi connectivity index (χ0v) is 14.5. The largest absolute Gasteiger partial charge is 0.240 e. The second-order valence-corrected chi connectivity index (χ2v) is 12.4. The average molecular weight is 310 g/mol. The number of aryl methyl sites for hydroxylation is 1. The van der Waals surface area contributed by atoms with Crippen LogP contribution in [0.2, 0.25) is 19.6 Å². The lowest BCUT2D eigenvalue weighted by molar-refractivity contribution is 0.579. The van der Waals surface area contributed by atoms with E-state index in [0.29, 0.717) is 11.4 Å². The molecular weight excluding hydrogens is 286 g/mol. The first-order valence-electron chi connectivity index (χ1n) is 6.77. The Morgan fingerprint density at radius 2 is 1.75 bits per heavy atom. The first-order chi connectivity index (χ1) is 9.21. The molecule has 0 saturated carbocycles. The van der Waals surface area contributed by atoms with Crippen molar-refractivity contribution in [1.29, 1.82) is 0 Å². The summed E-state index contributed by atoms with van der Waals surface area (Å²) >= 11 is 0. The van der Waals surface area contributed by atoms with Crippen molar-refractivity contribution >= 4 is 18.1 Å². The highest BCUT2D eigenvalue weighted by Crippen LogP contribution is 2.09. The van der Waals surface area contributed by atoms with Crippen molar-refractivity contribution in [2.75, 3.05) is 6.54 Å². The van der Waals surface area contributed by atoms with E-state index in [-0.39, 0.29) is 0 Å². The van der Waals surface area contributed by atoms with Crippen molar-refractivity contribution < 1.29 is 8.42 Å². The van der Waals surface area contributed by atoms with Crippen LogP contribution in [0.4, 0.5) is 0 Å². The highest BCUT2D eigenvalue weighted by atomic mass is 32.2. The van der Waals surface area contributed by atoms with Gasteiger partial charge in [-0.2, -0.15) is 0 Å². The number of unbranched alkanes of at least 4 members (excludes halogenated alkanes) is 1. The van der Waals surface area contributed by atoms with Gasteiger partial charge in [-0.15, -0.1) is 11.5 Å². The van der Waals surface area contributed by atoms with Gasteiger partial charge in [0.05, 0.1) is 4.90 Å². The van der Waals surface area contributed by atoms with Crippen molar-refractivity contribution in [2.45, 2.75) is 44.3 Å². The highest BCUT2D eigenvalue weighted by Gasteiger charge is 2.12. The molecule has 110 valence electrons. The van der Waals surface area contributed by atoms with Crippen LogP contribution in [0.3, 0.4) is 0 Å². The molecule has 1 N–H and O–H groups in total. The maximum Gasteiger partial charge on any atom is 0.240 e. The van der Waals surface area contributed by atoms with E-state index in [1.54, 1.807) is 24.3 Å². The Labute approximate surface area is 123 Å². The number of hydrogen-bond acceptors (Lipinski definition) is 2. The van der Waals surface area contributed by atoms with Gasteiger partial charge in [-0.05, 0) is 25.5 Å². The van der Waals surface area contributed by atoms with Gasteiger partial charge in [0.2, 0.25) is 10.0 Å². The number of rotatable bonds is 5. The molecule has 0 spiro atoms. The van der Waals surface area contributed by atoms with Crippen LogP contribution < -0.4 is 4.72 Å². The summed E-state index contributed by atoms with van der Waals surface area (Å²) < 4.78 is 26.6. The molecule has 0 aromatic heterocycles. The fourth-order valence-electron chi connectivity index (χ4n) is 1.51. The molecule has 0 unspecified atom stereocenters. The first kappa shape index (κ1) is 17.0. The summed E-state index contributed by atoms with van der Waals surface area (Å²) in [4.78, 5) is 0.316. The van der Waals surface area contributed by atoms with Crippen molar-refractivity contribution in [3.05, 3.63) is 29.8 Å². The molecule has 0 amide bonds. The van der Waals surface area contributed by atoms with Gasteiger partial charge in [-0.1, -0.05) is 37.3 Å². The minimum Gasteiger partial charge on any atom is -0.211 e. The molecule has 0 aliphatic heterocycles. The lowest BCUT2D eigenvalue weighted by Crippen LogP contribution is -2.24. The Morgan fingerprint density at radius 1 is 1.15 bits per heavy atom. The Bertz CT molecular complexity index is 589. The van der Waals surface area contributed by atoms with Gasteiger partial charge in [-0.3, -0.25) is 0 Å². The van der Waals surface area contributed by atoms with Crippen molar-refractivity contribution in [3.63, 3.8) is 0 Å². The predicted octanol–water partition coefficient (Wildman–Crippen LogP) is 2.93. The molecule has 0 heterocycles. The summed E-state index contributed by atoms with van der Waals surface area (Å²) in [6, 6.07) is 6.85. The van der Waals surface area contributed by atoms with E-state index in [0.717, 1.165) is 18.4 Å². The van der Waals surface area contributed by atoms with Gasteiger partial charge in [0.25, 0.3) is 0 Å². The zero-order chi connectivity index (χ0) is 15.2. The summed E-state index contributed by atoms with van der Waals surface area (Å²) in [5.74, 6) is 3.14. The third-order valence-corrected chi connectivity index (χ3v) is 4.97. The molecule has 0 atom stereocenters. The van der Waals surface area contributed by atoms with Gasteiger partial charge in [0.1, 0.15) is 8.07 Å². The number of hydrogen-bond donors (Lipinski definition) is 1. The highest BCUT2D eigenvalue weighted by molar-refractivity contribution is 7.89. The molecule has 3 nitrogen and oxygen atoms in total. The lowest BCUT2D eigenvalue weighted by atomic mass is 10.2. The molecule has 0 radical (unpaired) electrons. The Kier molecular flexibility index (Phi) is 6.00. The molecular formula is C15H23NO2SSi. The van der Waals surface area contributed by atoms with Crippen LogP contribution in [-0.2, 0) is 10.0 Å². The molecule has 1 rings (SSSR count). The van der Waals surface area contributed by atoms with E-state index in [1.165, 1.54) is 0 Å². The second-order valence-electron chi connectivity index (χ2n) is 5.87. The topological polar surface area (TPSA) is 46.2 Å². The van der Waals surface area contributed by atoms with Crippen LogP contribution in [0.25, 0.3) is 0 Å². The van der Waals surface area contributed by atoms with Crippen molar-refractivity contribution in [3.8, 4) is 11.5 Å². The standard InChI is InChI=1S/C15H23NO2SSi/c1-14-8-10-15(11-9-14)19(17,18)16-12-6-5-7-13-20(2,3)4/h8-11,16H,5-6,12H2,1-4H3. The summed E-state index contributed by atoms with van der Waals surface area (Å²) in [7, 11) is -4.69. The predicted molar refractivity (Wildman–Crippen MR) is 86.7 cm³/mol. The van der Waals surface area contributed by atoms with Gasteiger partial charge >= 0.3 is 0 Å². The van der Waals surface area contributed by atoms with Crippen molar-refractivity contribution in [1.82, 2.24) is 4.72 Å². The molecule has 1 aromatic carbocycles. The van der Waals surface area contributed by atoms with Gasteiger partial charge < -0.3 is 0 Å². The van der Waals surface area contributed by atoms with E-state index in [2.05, 4.69) is 35.8 Å². The van der Waals surface area contributed by atoms with Crippen LogP contribution in [0.1, 0.15) is 18.4 Å². The minimum absolute atomic E-state index is 0.316. The maximum atomic E-state index is 12.0. The van der Waals surface area contributed by atoms with Gasteiger partial charge in [0, 0.05) is 13.0 Å². The fourth-order valence-corrected chi connectivity index (χ4v) is 3.24. The molecule has 20 heavy (non-hydrogen) atoms. The summed E-state index contributed by atoms with van der Waals surface area (Å²) in [6.07, 6.45) is 1.48.